The maximum Gasteiger partial charge on any atom is 0.169 e. The first-order valence-electron chi connectivity index (χ1n) is 35.5. The molecule has 8 nitrogen and oxygen atoms in total. The Kier molecular flexibility index (Phi) is 15.6. The number of aryl methyl sites for hydroxylation is 8. The van der Waals surface area contributed by atoms with Crippen LogP contribution in [-0.4, -0.2) is 56.9 Å². The van der Waals surface area contributed by atoms with E-state index in [-0.39, 0.29) is 0 Å². The summed E-state index contributed by atoms with van der Waals surface area (Å²) in [5.74, 6) is 4.46. The van der Waals surface area contributed by atoms with Crippen molar-refractivity contribution in [1.82, 2.24) is 0 Å². The first-order chi connectivity index (χ1) is 50.6. The fourth-order valence-corrected chi connectivity index (χ4v) is 17.4. The summed E-state index contributed by atoms with van der Waals surface area (Å²) in [6.45, 7) is 17.1. The van der Waals surface area contributed by atoms with Crippen molar-refractivity contribution in [1.29, 1.82) is 0 Å². The summed E-state index contributed by atoms with van der Waals surface area (Å²) in [5, 5.41) is 13.9. The molecule has 104 heavy (non-hydrogen) atoms. The Labute approximate surface area is 606 Å². The fraction of sp³-hybridized carbons (Fsp3) is 0.167. The van der Waals surface area contributed by atoms with Gasteiger partial charge in [0.05, 0.1) is 56.9 Å². The lowest BCUT2D eigenvalue weighted by Crippen LogP contribution is -2.07. The Hall–Kier alpha value is -12.0. The summed E-state index contributed by atoms with van der Waals surface area (Å²) in [5.41, 5.74) is 23.9. The predicted molar refractivity (Wildman–Crippen MR) is 434 cm³/mol. The van der Waals surface area contributed by atoms with Crippen LogP contribution in [0.4, 0.5) is 0 Å². The van der Waals surface area contributed by atoms with E-state index in [9.17, 15) is 0 Å². The van der Waals surface area contributed by atoms with Gasteiger partial charge >= 0.3 is 0 Å². The highest BCUT2D eigenvalue weighted by molar-refractivity contribution is 6.54. The average molecular weight is 1360 g/mol. The van der Waals surface area contributed by atoms with Gasteiger partial charge in [0.25, 0.3) is 0 Å². The second kappa shape index (κ2) is 24.9. The topological polar surface area (TPSA) is 73.8 Å². The Balaban J connectivity index is 1.41. The van der Waals surface area contributed by atoms with Crippen LogP contribution in [-0.2, 0) is 0 Å². The molecule has 0 unspecified atom stereocenters. The van der Waals surface area contributed by atoms with Gasteiger partial charge in [0.15, 0.2) is 46.0 Å². The second-order valence-electron chi connectivity index (χ2n) is 28.2. The molecule has 0 fully saturated rings. The minimum absolute atomic E-state index is 0.558. The van der Waals surface area contributed by atoms with E-state index in [0.717, 1.165) is 220 Å². The molecule has 0 amide bonds. The molecular formula is C96H80O8. The molecule has 0 aliphatic carbocycles. The van der Waals surface area contributed by atoms with Crippen LogP contribution in [0.2, 0.25) is 0 Å². The molecular weight excluding hydrogens is 1280 g/mol. The van der Waals surface area contributed by atoms with E-state index in [0.29, 0.717) is 46.0 Å². The van der Waals surface area contributed by atoms with Crippen LogP contribution < -0.4 is 37.9 Å². The van der Waals surface area contributed by atoms with Crippen LogP contribution in [0.1, 0.15) is 44.5 Å². The van der Waals surface area contributed by atoms with Crippen molar-refractivity contribution in [3.8, 4) is 135 Å². The minimum atomic E-state index is 0.558. The summed E-state index contributed by atoms with van der Waals surface area (Å²) < 4.78 is 59.0. The molecule has 0 aromatic heterocycles. The molecule has 17 rings (SSSR count). The summed E-state index contributed by atoms with van der Waals surface area (Å²) in [6.07, 6.45) is 0. The van der Waals surface area contributed by atoms with Gasteiger partial charge in [-0.05, 0) is 99.9 Å². The van der Waals surface area contributed by atoms with Crippen LogP contribution in [0, 0.1) is 55.4 Å². The highest BCUT2D eigenvalue weighted by Gasteiger charge is 2.41. The number of methoxy groups -OCH3 is 8. The molecule has 0 aliphatic heterocycles. The molecule has 17 aromatic carbocycles. The van der Waals surface area contributed by atoms with Crippen molar-refractivity contribution in [3.05, 3.63) is 239 Å². The molecule has 0 N–H and O–H groups in total. The van der Waals surface area contributed by atoms with Crippen molar-refractivity contribution in [2.24, 2.45) is 0 Å². The van der Waals surface area contributed by atoms with Gasteiger partial charge in [0.2, 0.25) is 0 Å². The maximum atomic E-state index is 7.38. The molecule has 512 valence electrons. The monoisotopic (exact) mass is 1360 g/mol. The fourth-order valence-electron chi connectivity index (χ4n) is 17.4. The summed E-state index contributed by atoms with van der Waals surface area (Å²) in [4.78, 5) is 0. The number of hydrogen-bond donors (Lipinski definition) is 0. The van der Waals surface area contributed by atoms with E-state index in [1.165, 1.54) is 0 Å². The largest absolute Gasteiger partial charge is 0.492 e. The average Bonchev–Trinajstić information content (AvgIpc) is 0.647. The van der Waals surface area contributed by atoms with Gasteiger partial charge in [-0.2, -0.15) is 0 Å². The zero-order valence-corrected chi connectivity index (χ0v) is 61.7. The zero-order chi connectivity index (χ0) is 72.0. The van der Waals surface area contributed by atoms with Crippen LogP contribution >= 0.6 is 0 Å². The van der Waals surface area contributed by atoms with Gasteiger partial charge in [-0.25, -0.2) is 0 Å². The van der Waals surface area contributed by atoms with E-state index >= 15 is 0 Å². The predicted octanol–water partition coefficient (Wildman–Crippen LogP) is 25.1. The first-order valence-corrected chi connectivity index (χ1v) is 35.5. The third-order valence-corrected chi connectivity index (χ3v) is 22.0. The first kappa shape index (κ1) is 65.3. The summed E-state index contributed by atoms with van der Waals surface area (Å²) in [7, 11) is 14.4. The second-order valence-corrected chi connectivity index (χ2v) is 28.2. The van der Waals surface area contributed by atoms with Gasteiger partial charge < -0.3 is 37.9 Å². The van der Waals surface area contributed by atoms with Gasteiger partial charge in [-0.1, -0.05) is 239 Å². The minimum Gasteiger partial charge on any atom is -0.492 e. The van der Waals surface area contributed by atoms with Crippen molar-refractivity contribution >= 4 is 86.2 Å². The lowest BCUT2D eigenvalue weighted by molar-refractivity contribution is 0.361. The van der Waals surface area contributed by atoms with E-state index in [1.54, 1.807) is 56.9 Å². The molecule has 0 atom stereocenters. The van der Waals surface area contributed by atoms with Crippen molar-refractivity contribution in [2.75, 3.05) is 56.9 Å². The highest BCUT2D eigenvalue weighted by atomic mass is 16.5. The Bertz CT molecular complexity index is 5090. The smallest absolute Gasteiger partial charge is 0.169 e. The normalized spacial score (nSPS) is 11.8. The molecule has 17 aromatic rings. The third-order valence-electron chi connectivity index (χ3n) is 22.0. The van der Waals surface area contributed by atoms with E-state index in [1.807, 2.05) is 0 Å². The number of benzene rings is 16. The van der Waals surface area contributed by atoms with Gasteiger partial charge in [-0.15, -0.1) is 0 Å². The highest BCUT2D eigenvalue weighted by Crippen LogP contribution is 2.70. The molecule has 8 heteroatoms. The Morgan fingerprint density at radius 2 is 0.212 bits per heavy atom. The summed E-state index contributed by atoms with van der Waals surface area (Å²) >= 11 is 0. The van der Waals surface area contributed by atoms with E-state index < -0.39 is 0 Å². The van der Waals surface area contributed by atoms with Crippen LogP contribution in [0.15, 0.2) is 194 Å². The molecule has 0 radical (unpaired) electrons. The quantitative estimate of drug-likeness (QED) is 0.0886. The number of rotatable bonds is 16. The molecule has 0 saturated heterocycles. The van der Waals surface area contributed by atoms with Gasteiger partial charge in [-0.3, -0.25) is 0 Å². The summed E-state index contributed by atoms with van der Waals surface area (Å²) in [6, 6.07) is 71.2. The van der Waals surface area contributed by atoms with Crippen LogP contribution in [0.3, 0.4) is 0 Å². The van der Waals surface area contributed by atoms with Gasteiger partial charge in [0.1, 0.15) is 0 Å². The molecule has 0 saturated carbocycles. The Morgan fingerprint density at radius 3 is 0.288 bits per heavy atom. The molecule has 0 spiro atoms. The molecule has 0 heterocycles. The van der Waals surface area contributed by atoms with Gasteiger partial charge in [0, 0.05) is 131 Å². The van der Waals surface area contributed by atoms with Crippen molar-refractivity contribution in [2.45, 2.75) is 55.4 Å². The lowest BCUT2D eigenvalue weighted by Gasteiger charge is -2.33. The standard InChI is InChI=1S/C96H80O8/c1-49-17-33-57(34-18-49)65-66(58-35-19-50(2)20-36-58)82-74-73-75-77-79-80-78-76(74)84(92(100-12)90(82)98-10)69(61-41-25-53(5)26-42-61)70(62-43-27-54(6)28-44-62)86(78)94(102-14)96(104-16)88(80)72(64-47-31-56(8)32-48-64)71(63-45-29-55(7)30-46-63)87(79)95(103-15)93(101-13)85(77)68(60-39-23-52(4)24-40-60)67(59-37-21-51(3)22-38-59)83(75)91(99-11)89(97-9)81(65)73/h17-48H,1-16H3. The van der Waals surface area contributed by atoms with E-state index in [2.05, 4.69) is 250 Å². The maximum absolute atomic E-state index is 7.38. The lowest BCUT2D eigenvalue weighted by atomic mass is 9.72. The molecule has 0 bridgehead atoms. The third kappa shape index (κ3) is 9.36. The Morgan fingerprint density at radius 1 is 0.125 bits per heavy atom. The molecule has 0 aliphatic rings. The SMILES string of the molecule is COc1c(OC)c2c(-c3ccc(C)cc3)c(-c3ccc(C)cc3)c3c(OC)c(OC)c4c(-c5ccc(C)cc5)c(-c5ccc(C)cc5)c5c(OC)c(OC)c6c(-c7ccc(C)cc7)c(-c7ccc(C)cc7)c7c(OC)c(OC)c8c(-c9ccc(C)cc9)c(-c9ccc(C)cc9)c1c1c8c7c6c5c4c3c21. The van der Waals surface area contributed by atoms with Crippen LogP contribution in [0.25, 0.3) is 175 Å². The number of hydrogen-bond acceptors (Lipinski definition) is 8. The number of ether oxygens (including phenoxy) is 8. The zero-order valence-electron chi connectivity index (χ0n) is 61.7. The van der Waals surface area contributed by atoms with Crippen molar-refractivity contribution in [3.63, 3.8) is 0 Å². The van der Waals surface area contributed by atoms with E-state index in [4.69, 9.17) is 37.9 Å². The van der Waals surface area contributed by atoms with Crippen molar-refractivity contribution < 1.29 is 37.9 Å². The van der Waals surface area contributed by atoms with Crippen LogP contribution in [0.5, 0.6) is 46.0 Å².